The fourth-order valence-corrected chi connectivity index (χ4v) is 2.38. The molecule has 0 heterocycles. The molecule has 21 heavy (non-hydrogen) atoms. The molecule has 1 atom stereocenters. The molecule has 0 bridgehead atoms. The Morgan fingerprint density at radius 3 is 2.52 bits per heavy atom. The largest absolute Gasteiger partial charge is 0.480 e. The number of nitro benzene ring substituents is 1. The molecule has 1 aliphatic carbocycles. The van der Waals surface area contributed by atoms with E-state index in [9.17, 15) is 24.8 Å². The van der Waals surface area contributed by atoms with Crippen LogP contribution in [0.3, 0.4) is 0 Å². The zero-order chi connectivity index (χ0) is 15.8. The summed E-state index contributed by atoms with van der Waals surface area (Å²) in [5.74, 6) is -2.00. The quantitative estimate of drug-likeness (QED) is 0.636. The number of amides is 1. The Bertz CT molecular complexity index is 624. The molecule has 1 aromatic carbocycles. The van der Waals surface area contributed by atoms with Crippen LogP contribution in [-0.2, 0) is 4.79 Å². The third-order valence-electron chi connectivity index (χ3n) is 3.88. The van der Waals surface area contributed by atoms with Gasteiger partial charge in [0.05, 0.1) is 4.92 Å². The first-order valence-electron chi connectivity index (χ1n) is 6.57. The summed E-state index contributed by atoms with van der Waals surface area (Å²) in [5, 5.41) is 22.9. The second-order valence-corrected chi connectivity index (χ2v) is 5.46. The van der Waals surface area contributed by atoms with Gasteiger partial charge in [-0.15, -0.1) is 0 Å². The smallest absolute Gasteiger partial charge is 0.329 e. The molecule has 0 spiro atoms. The van der Waals surface area contributed by atoms with Crippen LogP contribution in [-0.4, -0.2) is 27.4 Å². The van der Waals surface area contributed by atoms with Gasteiger partial charge >= 0.3 is 5.97 Å². The van der Waals surface area contributed by atoms with E-state index in [2.05, 4.69) is 5.32 Å². The molecule has 1 fully saturated rings. The van der Waals surface area contributed by atoms with E-state index < -0.39 is 22.3 Å². The van der Waals surface area contributed by atoms with Crippen molar-refractivity contribution in [3.63, 3.8) is 0 Å². The molecule has 1 amide bonds. The number of carboxylic acid groups (broad SMARTS) is 1. The Morgan fingerprint density at radius 1 is 1.43 bits per heavy atom. The topological polar surface area (TPSA) is 110 Å². The number of rotatable bonds is 5. The van der Waals surface area contributed by atoms with Crippen LogP contribution in [0.15, 0.2) is 18.2 Å². The van der Waals surface area contributed by atoms with Crippen molar-refractivity contribution in [3.05, 3.63) is 39.4 Å². The lowest BCUT2D eigenvalue weighted by Crippen LogP contribution is -2.54. The number of aliphatic carboxylic acids is 1. The highest BCUT2D eigenvalue weighted by molar-refractivity contribution is 6.01. The Labute approximate surface area is 121 Å². The first-order chi connectivity index (χ1) is 9.77. The van der Waals surface area contributed by atoms with Gasteiger partial charge in [-0.25, -0.2) is 4.79 Å². The predicted octanol–water partition coefficient (Wildman–Crippen LogP) is 1.89. The number of carbonyl (C=O) groups excluding carboxylic acids is 1. The number of nitrogens with zero attached hydrogens (tertiary/aromatic N) is 1. The lowest BCUT2D eigenvalue weighted by atomic mass is 9.95. The van der Waals surface area contributed by atoms with Crippen molar-refractivity contribution in [1.29, 1.82) is 0 Å². The standard InChI is InChI=1S/C14H16N2O5/c1-8-4-3-5-10(11(8)16(20)21)12(17)15-14(2,13(18)19)9-6-7-9/h3-5,9H,6-7H2,1-2H3,(H,15,17)(H,18,19). The van der Waals surface area contributed by atoms with Gasteiger partial charge in [-0.2, -0.15) is 0 Å². The van der Waals surface area contributed by atoms with Crippen molar-refractivity contribution >= 4 is 17.6 Å². The van der Waals surface area contributed by atoms with E-state index in [1.54, 1.807) is 0 Å². The molecule has 0 aromatic heterocycles. The molecular weight excluding hydrogens is 276 g/mol. The van der Waals surface area contributed by atoms with Gasteiger partial charge < -0.3 is 10.4 Å². The van der Waals surface area contributed by atoms with Gasteiger partial charge in [0.2, 0.25) is 0 Å². The van der Waals surface area contributed by atoms with Crippen LogP contribution in [0.2, 0.25) is 0 Å². The summed E-state index contributed by atoms with van der Waals surface area (Å²) in [7, 11) is 0. The van der Waals surface area contributed by atoms with Gasteiger partial charge in [-0.3, -0.25) is 14.9 Å². The molecule has 1 aromatic rings. The van der Waals surface area contributed by atoms with Gasteiger partial charge in [0.15, 0.2) is 0 Å². The van der Waals surface area contributed by atoms with E-state index in [4.69, 9.17) is 0 Å². The van der Waals surface area contributed by atoms with E-state index in [0.29, 0.717) is 5.56 Å². The second kappa shape index (κ2) is 5.16. The molecule has 0 saturated heterocycles. The molecule has 0 radical (unpaired) electrons. The predicted molar refractivity (Wildman–Crippen MR) is 74.1 cm³/mol. The highest BCUT2D eigenvalue weighted by atomic mass is 16.6. The Morgan fingerprint density at radius 2 is 2.05 bits per heavy atom. The maximum absolute atomic E-state index is 12.3. The Balaban J connectivity index is 2.35. The summed E-state index contributed by atoms with van der Waals surface area (Å²) in [4.78, 5) is 34.2. The number of hydrogen-bond donors (Lipinski definition) is 2. The number of aryl methyl sites for hydroxylation is 1. The van der Waals surface area contributed by atoms with Crippen LogP contribution in [0.5, 0.6) is 0 Å². The molecular formula is C14H16N2O5. The maximum atomic E-state index is 12.3. The molecule has 1 saturated carbocycles. The number of nitrogens with one attached hydrogen (secondary N) is 1. The molecule has 2 N–H and O–H groups in total. The molecule has 2 rings (SSSR count). The summed E-state index contributed by atoms with van der Waals surface area (Å²) in [6.07, 6.45) is 1.44. The summed E-state index contributed by atoms with van der Waals surface area (Å²) < 4.78 is 0. The molecule has 1 unspecified atom stereocenters. The maximum Gasteiger partial charge on any atom is 0.329 e. The van der Waals surface area contributed by atoms with E-state index in [1.165, 1.54) is 32.0 Å². The fourth-order valence-electron chi connectivity index (χ4n) is 2.38. The molecule has 7 nitrogen and oxygen atoms in total. The van der Waals surface area contributed by atoms with Crippen LogP contribution < -0.4 is 5.32 Å². The fraction of sp³-hybridized carbons (Fsp3) is 0.429. The summed E-state index contributed by atoms with van der Waals surface area (Å²) >= 11 is 0. The van der Waals surface area contributed by atoms with Crippen molar-refractivity contribution in [2.45, 2.75) is 32.2 Å². The van der Waals surface area contributed by atoms with E-state index >= 15 is 0 Å². The van der Waals surface area contributed by atoms with Gasteiger partial charge in [-0.05, 0) is 38.7 Å². The highest BCUT2D eigenvalue weighted by Gasteiger charge is 2.49. The average molecular weight is 292 g/mol. The molecule has 7 heteroatoms. The molecule has 112 valence electrons. The van der Waals surface area contributed by atoms with E-state index in [1.807, 2.05) is 0 Å². The van der Waals surface area contributed by atoms with Gasteiger partial charge in [0, 0.05) is 5.56 Å². The van der Waals surface area contributed by atoms with Crippen LogP contribution >= 0.6 is 0 Å². The summed E-state index contributed by atoms with van der Waals surface area (Å²) in [6.45, 7) is 2.97. The second-order valence-electron chi connectivity index (χ2n) is 5.46. The normalized spacial score (nSPS) is 16.9. The highest BCUT2D eigenvalue weighted by Crippen LogP contribution is 2.40. The van der Waals surface area contributed by atoms with E-state index in [0.717, 1.165) is 12.8 Å². The summed E-state index contributed by atoms with van der Waals surface area (Å²) in [5.41, 5.74) is -1.45. The zero-order valence-corrected chi connectivity index (χ0v) is 11.8. The van der Waals surface area contributed by atoms with Gasteiger partial charge in [-0.1, -0.05) is 12.1 Å². The minimum absolute atomic E-state index is 0.117. The van der Waals surface area contributed by atoms with Crippen molar-refractivity contribution in [2.75, 3.05) is 0 Å². The van der Waals surface area contributed by atoms with Crippen LogP contribution in [0, 0.1) is 23.0 Å². The van der Waals surface area contributed by atoms with Crippen molar-refractivity contribution in [1.82, 2.24) is 5.32 Å². The average Bonchev–Trinajstić information content (AvgIpc) is 3.21. The number of hydrogen-bond acceptors (Lipinski definition) is 4. The first kappa shape index (κ1) is 15.0. The van der Waals surface area contributed by atoms with Crippen LogP contribution in [0.4, 0.5) is 5.69 Å². The minimum atomic E-state index is -1.39. The lowest BCUT2D eigenvalue weighted by molar-refractivity contribution is -0.385. The minimum Gasteiger partial charge on any atom is -0.480 e. The Kier molecular flexibility index (Phi) is 3.67. The van der Waals surface area contributed by atoms with Crippen molar-refractivity contribution in [3.8, 4) is 0 Å². The first-order valence-corrected chi connectivity index (χ1v) is 6.57. The Hall–Kier alpha value is -2.44. The number of benzene rings is 1. The number of nitro groups is 1. The van der Waals surface area contributed by atoms with Crippen LogP contribution in [0.25, 0.3) is 0 Å². The zero-order valence-electron chi connectivity index (χ0n) is 11.8. The molecule has 1 aliphatic rings. The number of carboxylic acids is 1. The SMILES string of the molecule is Cc1cccc(C(=O)NC(C)(C(=O)O)C2CC2)c1[N+](=O)[O-]. The lowest BCUT2D eigenvalue weighted by Gasteiger charge is -2.26. The number of para-hydroxylation sites is 1. The van der Waals surface area contributed by atoms with Crippen LogP contribution in [0.1, 0.15) is 35.7 Å². The summed E-state index contributed by atoms with van der Waals surface area (Å²) in [6, 6.07) is 4.40. The third-order valence-corrected chi connectivity index (χ3v) is 3.88. The third kappa shape index (κ3) is 2.72. The number of carbonyl (C=O) groups is 2. The van der Waals surface area contributed by atoms with Gasteiger partial charge in [0.1, 0.15) is 11.1 Å². The van der Waals surface area contributed by atoms with Crippen molar-refractivity contribution < 1.29 is 19.6 Å². The van der Waals surface area contributed by atoms with Gasteiger partial charge in [0.25, 0.3) is 11.6 Å². The van der Waals surface area contributed by atoms with E-state index in [-0.39, 0.29) is 17.2 Å². The monoisotopic (exact) mass is 292 g/mol. The molecule has 0 aliphatic heterocycles. The van der Waals surface area contributed by atoms with Crippen molar-refractivity contribution in [2.24, 2.45) is 5.92 Å².